The average Bonchev–Trinajstić information content (AvgIpc) is 3.18. The highest BCUT2D eigenvalue weighted by atomic mass is 16.5. The lowest BCUT2D eigenvalue weighted by atomic mass is 9.87. The summed E-state index contributed by atoms with van der Waals surface area (Å²) < 4.78 is 17.0. The van der Waals surface area contributed by atoms with Crippen molar-refractivity contribution in [2.24, 2.45) is 0 Å². The van der Waals surface area contributed by atoms with Gasteiger partial charge in [-0.2, -0.15) is 0 Å². The van der Waals surface area contributed by atoms with Gasteiger partial charge >= 0.3 is 0 Å². The van der Waals surface area contributed by atoms with Gasteiger partial charge in [0.2, 0.25) is 0 Å². The van der Waals surface area contributed by atoms with Crippen LogP contribution >= 0.6 is 0 Å². The van der Waals surface area contributed by atoms with Gasteiger partial charge < -0.3 is 19.3 Å². The van der Waals surface area contributed by atoms with Crippen LogP contribution in [0.3, 0.4) is 0 Å². The van der Waals surface area contributed by atoms with Gasteiger partial charge in [-0.1, -0.05) is 51.1 Å². The number of carbonyl (C=O) groups is 2. The summed E-state index contributed by atoms with van der Waals surface area (Å²) in [5, 5.41) is 11.7. The Labute approximate surface area is 229 Å². The molecule has 0 radical (unpaired) electrons. The fourth-order valence-electron chi connectivity index (χ4n) is 4.78. The number of aliphatic hydroxyl groups is 1. The molecule has 1 fully saturated rings. The van der Waals surface area contributed by atoms with Crippen molar-refractivity contribution in [2.45, 2.75) is 46.1 Å². The lowest BCUT2D eigenvalue weighted by Gasteiger charge is -2.27. The van der Waals surface area contributed by atoms with Crippen molar-refractivity contribution < 1.29 is 28.9 Å². The summed E-state index contributed by atoms with van der Waals surface area (Å²) in [6.07, 6.45) is 0. The number of ketones is 1. The Balaban J connectivity index is 1.95. The molecule has 1 aliphatic heterocycles. The molecule has 1 amide bonds. The van der Waals surface area contributed by atoms with Crippen molar-refractivity contribution in [2.75, 3.05) is 25.2 Å². The number of methoxy groups -OCH3 is 1. The second-order valence-corrected chi connectivity index (χ2v) is 10.2. The number of para-hydroxylation sites is 1. The molecule has 0 aromatic heterocycles. The normalized spacial score (nSPS) is 16.9. The summed E-state index contributed by atoms with van der Waals surface area (Å²) in [4.78, 5) is 28.7. The van der Waals surface area contributed by atoms with Crippen LogP contribution in [-0.2, 0) is 15.0 Å². The Kier molecular flexibility index (Phi) is 8.00. The number of Topliss-reactive ketones (excluding diaryl/α,β-unsaturated/α-hetero) is 1. The standard InChI is InChI=1S/C32H35NO6/c1-7-38-22-17-18-24(26(19-22)39-8-2)29(34)27-28(23-11-9-10-12-25(23)37-6)33(31(36)30(27)35)21-15-13-20(14-16-21)32(3,4)5/h9-19,28,34H,7-8H2,1-6H3/b29-27+. The lowest BCUT2D eigenvalue weighted by Crippen LogP contribution is -2.29. The summed E-state index contributed by atoms with van der Waals surface area (Å²) in [6.45, 7) is 10.8. The number of hydrogen-bond acceptors (Lipinski definition) is 6. The van der Waals surface area contributed by atoms with Crippen LogP contribution < -0.4 is 19.1 Å². The quantitative estimate of drug-likeness (QED) is 0.206. The Morgan fingerprint density at radius 2 is 1.56 bits per heavy atom. The third kappa shape index (κ3) is 5.35. The number of ether oxygens (including phenoxy) is 3. The topological polar surface area (TPSA) is 85.3 Å². The van der Waals surface area contributed by atoms with Crippen LogP contribution in [0, 0.1) is 0 Å². The van der Waals surface area contributed by atoms with Gasteiger partial charge in [-0.15, -0.1) is 0 Å². The number of amides is 1. The van der Waals surface area contributed by atoms with E-state index in [2.05, 4.69) is 20.8 Å². The molecule has 1 atom stereocenters. The van der Waals surface area contributed by atoms with E-state index in [0.717, 1.165) is 5.56 Å². The number of anilines is 1. The van der Waals surface area contributed by atoms with Gasteiger partial charge in [-0.05, 0) is 55.2 Å². The number of carbonyl (C=O) groups excluding carboxylic acids is 2. The number of aliphatic hydroxyl groups excluding tert-OH is 1. The van der Waals surface area contributed by atoms with Gasteiger partial charge in [0, 0.05) is 17.3 Å². The third-order valence-electron chi connectivity index (χ3n) is 6.71. The first-order valence-electron chi connectivity index (χ1n) is 13.1. The van der Waals surface area contributed by atoms with E-state index in [1.165, 1.54) is 12.0 Å². The number of rotatable bonds is 8. The Morgan fingerprint density at radius 1 is 0.897 bits per heavy atom. The smallest absolute Gasteiger partial charge is 0.300 e. The Hall–Kier alpha value is -4.26. The average molecular weight is 530 g/mol. The molecule has 0 spiro atoms. The number of nitrogens with zero attached hydrogens (tertiary/aromatic N) is 1. The van der Waals surface area contributed by atoms with Gasteiger partial charge in [0.05, 0.1) is 37.5 Å². The lowest BCUT2D eigenvalue weighted by molar-refractivity contribution is -0.132. The fourth-order valence-corrected chi connectivity index (χ4v) is 4.78. The molecule has 4 rings (SSSR count). The summed E-state index contributed by atoms with van der Waals surface area (Å²) in [5.41, 5.74) is 2.36. The van der Waals surface area contributed by atoms with E-state index in [0.29, 0.717) is 47.3 Å². The zero-order chi connectivity index (χ0) is 28.3. The van der Waals surface area contributed by atoms with E-state index in [1.54, 1.807) is 30.3 Å². The van der Waals surface area contributed by atoms with Gasteiger partial charge in [0.1, 0.15) is 23.0 Å². The van der Waals surface area contributed by atoms with Crippen molar-refractivity contribution in [3.05, 3.63) is 89.0 Å². The molecule has 1 heterocycles. The van der Waals surface area contributed by atoms with Gasteiger partial charge in [0.15, 0.2) is 0 Å². The van der Waals surface area contributed by atoms with Gasteiger partial charge in [-0.3, -0.25) is 14.5 Å². The molecule has 3 aromatic rings. The maximum atomic E-state index is 13.6. The second-order valence-electron chi connectivity index (χ2n) is 10.2. The molecule has 0 bridgehead atoms. The Bertz CT molecular complexity index is 1400. The first-order chi connectivity index (χ1) is 18.6. The van der Waals surface area contributed by atoms with E-state index >= 15 is 0 Å². The van der Waals surface area contributed by atoms with Crippen LogP contribution in [0.1, 0.15) is 57.4 Å². The maximum absolute atomic E-state index is 13.6. The highest BCUT2D eigenvalue weighted by Crippen LogP contribution is 2.46. The van der Waals surface area contributed by atoms with Crippen LogP contribution in [0.4, 0.5) is 5.69 Å². The largest absolute Gasteiger partial charge is 0.507 e. The van der Waals surface area contributed by atoms with E-state index in [-0.39, 0.29) is 16.7 Å². The van der Waals surface area contributed by atoms with Crippen molar-refractivity contribution in [3.63, 3.8) is 0 Å². The van der Waals surface area contributed by atoms with Crippen molar-refractivity contribution >= 4 is 23.1 Å². The molecule has 3 aromatic carbocycles. The van der Waals surface area contributed by atoms with E-state index < -0.39 is 17.7 Å². The second kappa shape index (κ2) is 11.2. The summed E-state index contributed by atoms with van der Waals surface area (Å²) in [7, 11) is 1.53. The molecule has 1 unspecified atom stereocenters. The Morgan fingerprint density at radius 3 is 2.18 bits per heavy atom. The molecule has 1 aliphatic rings. The van der Waals surface area contributed by atoms with Crippen LogP contribution in [-0.4, -0.2) is 37.1 Å². The third-order valence-corrected chi connectivity index (χ3v) is 6.71. The molecular formula is C32H35NO6. The molecule has 1 saturated heterocycles. The first kappa shape index (κ1) is 27.8. The summed E-state index contributed by atoms with van der Waals surface area (Å²) >= 11 is 0. The monoisotopic (exact) mass is 529 g/mol. The molecule has 0 aliphatic carbocycles. The van der Waals surface area contributed by atoms with Crippen molar-refractivity contribution in [1.29, 1.82) is 0 Å². The fraction of sp³-hybridized carbons (Fsp3) is 0.312. The van der Waals surface area contributed by atoms with Crippen molar-refractivity contribution in [3.8, 4) is 17.2 Å². The van der Waals surface area contributed by atoms with Crippen LogP contribution in [0.2, 0.25) is 0 Å². The van der Waals surface area contributed by atoms with Crippen LogP contribution in [0.5, 0.6) is 17.2 Å². The SMILES string of the molecule is CCOc1ccc(/C(O)=C2\C(=O)C(=O)N(c3ccc(C(C)(C)C)cc3)C2c2ccccc2OC)c(OCC)c1. The van der Waals surface area contributed by atoms with Crippen LogP contribution in [0.15, 0.2) is 72.3 Å². The molecule has 7 heteroatoms. The molecular weight excluding hydrogens is 494 g/mol. The molecule has 39 heavy (non-hydrogen) atoms. The minimum atomic E-state index is -0.928. The van der Waals surface area contributed by atoms with E-state index in [4.69, 9.17) is 14.2 Å². The summed E-state index contributed by atoms with van der Waals surface area (Å²) in [6, 6.07) is 18.8. The predicted molar refractivity (Wildman–Crippen MR) is 152 cm³/mol. The minimum Gasteiger partial charge on any atom is -0.507 e. The maximum Gasteiger partial charge on any atom is 0.300 e. The predicted octanol–water partition coefficient (Wildman–Crippen LogP) is 6.42. The van der Waals surface area contributed by atoms with Gasteiger partial charge in [0.25, 0.3) is 11.7 Å². The zero-order valence-electron chi connectivity index (χ0n) is 23.3. The van der Waals surface area contributed by atoms with Gasteiger partial charge in [-0.25, -0.2) is 0 Å². The molecule has 204 valence electrons. The molecule has 7 nitrogen and oxygen atoms in total. The van der Waals surface area contributed by atoms with E-state index in [1.807, 2.05) is 50.2 Å². The molecule has 0 saturated carbocycles. The van der Waals surface area contributed by atoms with Crippen molar-refractivity contribution in [1.82, 2.24) is 0 Å². The van der Waals surface area contributed by atoms with Crippen LogP contribution in [0.25, 0.3) is 5.76 Å². The summed E-state index contributed by atoms with van der Waals surface area (Å²) in [5.74, 6) is -0.453. The number of benzene rings is 3. The number of hydrogen-bond donors (Lipinski definition) is 1. The zero-order valence-corrected chi connectivity index (χ0v) is 23.3. The highest BCUT2D eigenvalue weighted by molar-refractivity contribution is 6.51. The minimum absolute atomic E-state index is 0.0467. The highest BCUT2D eigenvalue weighted by Gasteiger charge is 2.48. The van der Waals surface area contributed by atoms with E-state index in [9.17, 15) is 14.7 Å². The molecule has 1 N–H and O–H groups in total. The first-order valence-corrected chi connectivity index (χ1v) is 13.1.